The molecule has 0 saturated heterocycles. The molecule has 1 aromatic rings. The average Bonchev–Trinajstić information content (AvgIpc) is 2.70. The van der Waals surface area contributed by atoms with Crippen molar-refractivity contribution in [3.8, 4) is 11.5 Å². The zero-order valence-corrected chi connectivity index (χ0v) is 20.2. The van der Waals surface area contributed by atoms with E-state index in [2.05, 4.69) is 27.4 Å². The highest BCUT2D eigenvalue weighted by Crippen LogP contribution is 2.44. The predicted octanol–water partition coefficient (Wildman–Crippen LogP) is 7.30. The van der Waals surface area contributed by atoms with Gasteiger partial charge in [0, 0.05) is 18.4 Å². The number of benzene rings is 1. The normalized spacial score (nSPS) is 16.0. The lowest BCUT2D eigenvalue weighted by molar-refractivity contribution is -0.140. The molecule has 0 fully saturated rings. The fourth-order valence-corrected chi connectivity index (χ4v) is 4.07. The molecule has 1 aliphatic rings. The van der Waals surface area contributed by atoms with E-state index < -0.39 is 0 Å². The molecule has 1 unspecified atom stereocenters. The number of rotatable bonds is 9. The molecule has 2 rings (SSSR count). The van der Waals surface area contributed by atoms with Crippen LogP contribution in [0, 0.1) is 0 Å². The summed E-state index contributed by atoms with van der Waals surface area (Å²) in [4.78, 5) is 11.1. The minimum atomic E-state index is -0.292. The summed E-state index contributed by atoms with van der Waals surface area (Å²) in [7, 11) is 0. The van der Waals surface area contributed by atoms with Gasteiger partial charge in [0.15, 0.2) is 0 Å². The fraction of sp³-hybridized carbons (Fsp3) is 0.593. The molecular weight excluding hydrogens is 388 g/mol. The first-order valence-corrected chi connectivity index (χ1v) is 11.6. The van der Waals surface area contributed by atoms with Crippen molar-refractivity contribution in [2.45, 2.75) is 97.3 Å². The van der Waals surface area contributed by atoms with Gasteiger partial charge in [0.05, 0.1) is 0 Å². The van der Waals surface area contributed by atoms with E-state index in [9.17, 15) is 15.0 Å². The number of unbranched alkanes of at least 4 members (excludes halogenated alkanes) is 3. The molecule has 0 heterocycles. The number of ether oxygens (including phenoxy) is 1. The minimum absolute atomic E-state index is 0.0546. The molecule has 1 aromatic carbocycles. The molecule has 0 aliphatic heterocycles. The number of hydrogen-bond donors (Lipinski definition) is 2. The van der Waals surface area contributed by atoms with Crippen LogP contribution in [-0.2, 0) is 14.9 Å². The molecule has 31 heavy (non-hydrogen) atoms. The summed E-state index contributed by atoms with van der Waals surface area (Å²) >= 11 is 0. The standard InChI is InChI=1S/C24H36O4.C3H6/c1-5-6-7-8-12-24(3,4)20-14-21(26)23(22(27)15-20)19-11-9-10-18(13-19)16-28-17(2)25;1-3-2/h13-15,19,26-27H,5-12,16H2,1-4H3;3H,1H2,2H3. The second-order valence-electron chi connectivity index (χ2n) is 9.13. The molecule has 2 N–H and O–H groups in total. The van der Waals surface area contributed by atoms with Gasteiger partial charge in [0.1, 0.15) is 18.1 Å². The van der Waals surface area contributed by atoms with Crippen LogP contribution >= 0.6 is 0 Å². The van der Waals surface area contributed by atoms with Gasteiger partial charge in [-0.25, -0.2) is 0 Å². The van der Waals surface area contributed by atoms with Crippen molar-refractivity contribution in [1.29, 1.82) is 0 Å². The lowest BCUT2D eigenvalue weighted by atomic mass is 9.78. The summed E-state index contributed by atoms with van der Waals surface area (Å²) in [5, 5.41) is 21.5. The third-order valence-corrected chi connectivity index (χ3v) is 5.85. The Labute approximate surface area is 189 Å². The minimum Gasteiger partial charge on any atom is -0.507 e. The lowest BCUT2D eigenvalue weighted by Crippen LogP contribution is -2.17. The second-order valence-corrected chi connectivity index (χ2v) is 9.13. The highest BCUT2D eigenvalue weighted by Gasteiger charge is 2.26. The van der Waals surface area contributed by atoms with Crippen molar-refractivity contribution in [3.63, 3.8) is 0 Å². The van der Waals surface area contributed by atoms with Crippen LogP contribution in [0.3, 0.4) is 0 Å². The highest BCUT2D eigenvalue weighted by atomic mass is 16.5. The van der Waals surface area contributed by atoms with Gasteiger partial charge in [-0.2, -0.15) is 0 Å². The number of carbonyl (C=O) groups excluding carboxylic acids is 1. The first-order valence-electron chi connectivity index (χ1n) is 11.6. The maximum atomic E-state index is 11.1. The number of hydrogen-bond acceptors (Lipinski definition) is 4. The SMILES string of the molecule is C=CC.CCCCCCC(C)(C)c1cc(O)c(C2C=C(COC(C)=O)CCC2)c(O)c1. The summed E-state index contributed by atoms with van der Waals surface area (Å²) < 4.78 is 5.11. The van der Waals surface area contributed by atoms with Crippen LogP contribution in [0.15, 0.2) is 36.4 Å². The van der Waals surface area contributed by atoms with E-state index in [0.29, 0.717) is 5.56 Å². The van der Waals surface area contributed by atoms with Crippen LogP contribution in [-0.4, -0.2) is 22.8 Å². The van der Waals surface area contributed by atoms with E-state index in [1.807, 2.05) is 25.1 Å². The van der Waals surface area contributed by atoms with Crippen molar-refractivity contribution < 1.29 is 19.7 Å². The molecule has 0 radical (unpaired) electrons. The number of phenols is 2. The first kappa shape index (κ1) is 26.8. The van der Waals surface area contributed by atoms with E-state index in [0.717, 1.165) is 43.2 Å². The summed E-state index contributed by atoms with van der Waals surface area (Å²) in [6.07, 6.45) is 12.3. The summed E-state index contributed by atoms with van der Waals surface area (Å²) in [5.74, 6) is -0.0292. The smallest absolute Gasteiger partial charge is 0.302 e. The quantitative estimate of drug-likeness (QED) is 0.245. The number of phenolic OH excluding ortho intramolecular Hbond substituents is 2. The van der Waals surface area contributed by atoms with Crippen molar-refractivity contribution in [3.05, 3.63) is 47.6 Å². The number of carbonyl (C=O) groups is 1. The first-order chi connectivity index (χ1) is 14.7. The molecule has 0 bridgehead atoms. The molecule has 0 saturated carbocycles. The summed E-state index contributed by atoms with van der Waals surface area (Å²) in [6.45, 7) is 13.5. The van der Waals surface area contributed by atoms with E-state index in [1.165, 1.54) is 26.2 Å². The number of allylic oxidation sites excluding steroid dienone is 2. The van der Waals surface area contributed by atoms with E-state index in [1.54, 1.807) is 6.08 Å². The van der Waals surface area contributed by atoms with Crippen molar-refractivity contribution in [2.75, 3.05) is 6.61 Å². The predicted molar refractivity (Wildman–Crippen MR) is 129 cm³/mol. The van der Waals surface area contributed by atoms with Gasteiger partial charge in [-0.1, -0.05) is 58.6 Å². The zero-order chi connectivity index (χ0) is 23.4. The molecule has 4 nitrogen and oxygen atoms in total. The van der Waals surface area contributed by atoms with Crippen LogP contribution in [0.5, 0.6) is 11.5 Å². The van der Waals surface area contributed by atoms with Gasteiger partial charge in [-0.15, -0.1) is 6.58 Å². The van der Waals surface area contributed by atoms with Crippen LogP contribution in [0.25, 0.3) is 0 Å². The molecule has 1 atom stereocenters. The Kier molecular flexibility index (Phi) is 11.4. The van der Waals surface area contributed by atoms with E-state index >= 15 is 0 Å². The third-order valence-electron chi connectivity index (χ3n) is 5.85. The molecule has 1 aliphatic carbocycles. The zero-order valence-electron chi connectivity index (χ0n) is 20.2. The number of esters is 1. The van der Waals surface area contributed by atoms with Crippen molar-refractivity contribution in [2.24, 2.45) is 0 Å². The monoisotopic (exact) mass is 430 g/mol. The Morgan fingerprint density at radius 3 is 2.39 bits per heavy atom. The average molecular weight is 431 g/mol. The lowest BCUT2D eigenvalue weighted by Gasteiger charge is -2.28. The van der Waals surface area contributed by atoms with Crippen molar-refractivity contribution >= 4 is 5.97 Å². The molecule has 0 aromatic heterocycles. The van der Waals surface area contributed by atoms with Crippen LogP contribution in [0.4, 0.5) is 0 Å². The van der Waals surface area contributed by atoms with Gasteiger partial charge in [0.2, 0.25) is 0 Å². The summed E-state index contributed by atoms with van der Waals surface area (Å²) in [5.41, 5.74) is 2.52. The molecule has 0 spiro atoms. The maximum Gasteiger partial charge on any atom is 0.302 e. The van der Waals surface area contributed by atoms with Crippen molar-refractivity contribution in [1.82, 2.24) is 0 Å². The van der Waals surface area contributed by atoms with Gasteiger partial charge in [-0.05, 0) is 61.3 Å². The fourth-order valence-electron chi connectivity index (χ4n) is 4.07. The van der Waals surface area contributed by atoms with Crippen LogP contribution in [0.1, 0.15) is 103 Å². The Hall–Kier alpha value is -2.23. The Morgan fingerprint density at radius 2 is 1.84 bits per heavy atom. The van der Waals surface area contributed by atoms with Crippen LogP contribution in [0.2, 0.25) is 0 Å². The Morgan fingerprint density at radius 1 is 1.23 bits per heavy atom. The Bertz CT molecular complexity index is 723. The van der Waals surface area contributed by atoms with Crippen LogP contribution < -0.4 is 0 Å². The highest BCUT2D eigenvalue weighted by molar-refractivity contribution is 5.66. The largest absolute Gasteiger partial charge is 0.507 e. The van der Waals surface area contributed by atoms with Gasteiger partial charge in [0.25, 0.3) is 0 Å². The molecule has 174 valence electrons. The van der Waals surface area contributed by atoms with Gasteiger partial charge in [-0.3, -0.25) is 4.79 Å². The van der Waals surface area contributed by atoms with E-state index in [-0.39, 0.29) is 35.4 Å². The maximum absolute atomic E-state index is 11.1. The molecule has 4 heteroatoms. The topological polar surface area (TPSA) is 66.8 Å². The number of aromatic hydroxyl groups is 2. The van der Waals surface area contributed by atoms with Gasteiger partial charge >= 0.3 is 5.97 Å². The third kappa shape index (κ3) is 8.80. The summed E-state index contributed by atoms with van der Waals surface area (Å²) in [6, 6.07) is 3.64. The Balaban J connectivity index is 0.00000151. The second kappa shape index (κ2) is 13.2. The molecular formula is C27H42O4. The molecule has 0 amide bonds. The van der Waals surface area contributed by atoms with Gasteiger partial charge < -0.3 is 14.9 Å². The van der Waals surface area contributed by atoms with E-state index in [4.69, 9.17) is 4.74 Å².